The van der Waals surface area contributed by atoms with Crippen LogP contribution in [0.3, 0.4) is 0 Å². The van der Waals surface area contributed by atoms with Gasteiger partial charge in [-0.25, -0.2) is 0 Å². The predicted molar refractivity (Wildman–Crippen MR) is 65.2 cm³/mol. The van der Waals surface area contributed by atoms with Crippen LogP contribution >= 0.6 is 27.7 Å². The zero-order valence-corrected chi connectivity index (χ0v) is 11.0. The van der Waals surface area contributed by atoms with Crippen LogP contribution in [-0.4, -0.2) is 20.8 Å². The lowest BCUT2D eigenvalue weighted by atomic mass is 10.3. The quantitative estimate of drug-likeness (QED) is 0.892. The van der Waals surface area contributed by atoms with Gasteiger partial charge in [-0.2, -0.15) is 16.7 Å². The molecular formula is C9H13BrN2O2S. The van der Waals surface area contributed by atoms with Crippen LogP contribution in [0.15, 0.2) is 9.27 Å². The average molecular weight is 293 g/mol. The highest BCUT2D eigenvalue weighted by Gasteiger charge is 2.07. The van der Waals surface area contributed by atoms with Gasteiger partial charge in [0.2, 0.25) is 5.88 Å². The molecule has 0 saturated carbocycles. The molecule has 15 heavy (non-hydrogen) atoms. The van der Waals surface area contributed by atoms with Gasteiger partial charge in [0.15, 0.2) is 0 Å². The van der Waals surface area contributed by atoms with Gasteiger partial charge in [0, 0.05) is 0 Å². The Morgan fingerprint density at radius 2 is 2.27 bits per heavy atom. The molecule has 2 N–H and O–H groups in total. The second kappa shape index (κ2) is 5.55. The first-order valence-electron chi connectivity index (χ1n) is 4.56. The molecule has 1 rings (SSSR count). The molecule has 0 radical (unpaired) electrons. The first kappa shape index (κ1) is 12.6. The maximum absolute atomic E-state index is 11.2. The van der Waals surface area contributed by atoms with Crippen LogP contribution in [0.1, 0.15) is 19.7 Å². The molecular weight excluding hydrogens is 280 g/mol. The maximum Gasteiger partial charge on any atom is 0.269 e. The van der Waals surface area contributed by atoms with Gasteiger partial charge in [-0.05, 0) is 27.6 Å². The summed E-state index contributed by atoms with van der Waals surface area (Å²) in [6, 6.07) is 0. The molecule has 0 atom stereocenters. The third-order valence-corrected chi connectivity index (χ3v) is 3.68. The second-order valence-corrected chi connectivity index (χ2v) is 5.38. The van der Waals surface area contributed by atoms with E-state index in [-0.39, 0.29) is 15.9 Å². The average Bonchev–Trinajstić information content (AvgIpc) is 2.13. The Morgan fingerprint density at radius 3 is 2.80 bits per heavy atom. The number of hydrogen-bond acceptors (Lipinski definition) is 4. The summed E-state index contributed by atoms with van der Waals surface area (Å²) in [4.78, 5) is 17.7. The zero-order valence-electron chi connectivity index (χ0n) is 8.58. The minimum absolute atomic E-state index is 0.0834. The SMILES string of the molecule is CC(C)CSCc1nc(O)c(Br)c(=O)[nH]1. The summed E-state index contributed by atoms with van der Waals surface area (Å²) in [6.07, 6.45) is 0. The summed E-state index contributed by atoms with van der Waals surface area (Å²) in [5.74, 6) is 2.46. The molecule has 84 valence electrons. The van der Waals surface area contributed by atoms with E-state index >= 15 is 0 Å². The lowest BCUT2D eigenvalue weighted by molar-refractivity contribution is 0.444. The monoisotopic (exact) mass is 292 g/mol. The molecule has 0 saturated heterocycles. The summed E-state index contributed by atoms with van der Waals surface area (Å²) in [5, 5.41) is 9.30. The standard InChI is InChI=1S/C9H13BrN2O2S/c1-5(2)3-15-4-6-11-8(13)7(10)9(14)12-6/h5H,3-4H2,1-2H3,(H2,11,12,13,14). The van der Waals surface area contributed by atoms with Crippen molar-refractivity contribution in [1.82, 2.24) is 9.97 Å². The third-order valence-electron chi connectivity index (χ3n) is 1.58. The van der Waals surface area contributed by atoms with E-state index in [1.807, 2.05) is 0 Å². The number of rotatable bonds is 4. The van der Waals surface area contributed by atoms with Crippen LogP contribution in [0, 0.1) is 5.92 Å². The summed E-state index contributed by atoms with van der Waals surface area (Å²) in [7, 11) is 0. The van der Waals surface area contributed by atoms with Crippen molar-refractivity contribution in [2.45, 2.75) is 19.6 Å². The summed E-state index contributed by atoms with van der Waals surface area (Å²) in [5.41, 5.74) is -0.345. The zero-order chi connectivity index (χ0) is 11.4. The Morgan fingerprint density at radius 1 is 1.60 bits per heavy atom. The van der Waals surface area contributed by atoms with Gasteiger partial charge in [0.05, 0.1) is 5.75 Å². The molecule has 0 aliphatic rings. The van der Waals surface area contributed by atoms with Crippen molar-refractivity contribution >= 4 is 27.7 Å². The van der Waals surface area contributed by atoms with Gasteiger partial charge >= 0.3 is 0 Å². The molecule has 1 aromatic rings. The fraction of sp³-hybridized carbons (Fsp3) is 0.556. The summed E-state index contributed by atoms with van der Waals surface area (Å²) >= 11 is 4.62. The topological polar surface area (TPSA) is 66.0 Å². The van der Waals surface area contributed by atoms with Crippen molar-refractivity contribution < 1.29 is 5.11 Å². The normalized spacial score (nSPS) is 10.9. The first-order valence-corrected chi connectivity index (χ1v) is 6.51. The fourth-order valence-corrected chi connectivity index (χ4v) is 2.06. The minimum Gasteiger partial charge on any atom is -0.492 e. The number of halogens is 1. The van der Waals surface area contributed by atoms with Crippen molar-refractivity contribution in [1.29, 1.82) is 0 Å². The lowest BCUT2D eigenvalue weighted by Gasteiger charge is -2.04. The van der Waals surface area contributed by atoms with Crippen molar-refractivity contribution in [3.8, 4) is 5.88 Å². The highest BCUT2D eigenvalue weighted by Crippen LogP contribution is 2.17. The molecule has 0 amide bonds. The van der Waals surface area contributed by atoms with E-state index in [4.69, 9.17) is 0 Å². The molecule has 0 aliphatic heterocycles. The van der Waals surface area contributed by atoms with Crippen LogP contribution in [0.5, 0.6) is 5.88 Å². The van der Waals surface area contributed by atoms with Crippen LogP contribution in [-0.2, 0) is 5.75 Å². The van der Waals surface area contributed by atoms with Crippen molar-refractivity contribution in [3.05, 3.63) is 20.7 Å². The van der Waals surface area contributed by atoms with Crippen molar-refractivity contribution in [2.24, 2.45) is 5.92 Å². The van der Waals surface area contributed by atoms with Crippen LogP contribution in [0.4, 0.5) is 0 Å². The Hall–Kier alpha value is -0.490. The van der Waals surface area contributed by atoms with Gasteiger partial charge in [-0.1, -0.05) is 13.8 Å². The molecule has 0 bridgehead atoms. The van der Waals surface area contributed by atoms with E-state index in [1.54, 1.807) is 11.8 Å². The summed E-state index contributed by atoms with van der Waals surface area (Å²) in [6.45, 7) is 4.25. The van der Waals surface area contributed by atoms with Gasteiger partial charge in [-0.3, -0.25) is 4.79 Å². The third kappa shape index (κ3) is 3.87. The van der Waals surface area contributed by atoms with E-state index in [0.29, 0.717) is 17.5 Å². The van der Waals surface area contributed by atoms with E-state index in [2.05, 4.69) is 39.7 Å². The fourth-order valence-electron chi connectivity index (χ4n) is 0.952. The Kier molecular flexibility index (Phi) is 4.66. The molecule has 0 unspecified atom stereocenters. The summed E-state index contributed by atoms with van der Waals surface area (Å²) < 4.78 is 0.0834. The number of aromatic hydroxyl groups is 1. The first-order chi connectivity index (χ1) is 7.00. The Balaban J connectivity index is 2.67. The number of nitrogens with one attached hydrogen (secondary N) is 1. The molecule has 1 aromatic heterocycles. The molecule has 0 fully saturated rings. The molecule has 1 heterocycles. The van der Waals surface area contributed by atoms with Crippen molar-refractivity contribution in [3.63, 3.8) is 0 Å². The van der Waals surface area contributed by atoms with Gasteiger partial charge in [0.25, 0.3) is 5.56 Å². The Bertz CT molecular complexity index is 392. The van der Waals surface area contributed by atoms with Gasteiger partial charge in [0.1, 0.15) is 10.3 Å². The van der Waals surface area contributed by atoms with Crippen LogP contribution in [0.2, 0.25) is 0 Å². The highest BCUT2D eigenvalue weighted by molar-refractivity contribution is 9.10. The minimum atomic E-state index is -0.345. The number of aromatic amines is 1. The molecule has 0 spiro atoms. The van der Waals surface area contributed by atoms with Gasteiger partial charge in [-0.15, -0.1) is 0 Å². The largest absolute Gasteiger partial charge is 0.492 e. The molecule has 0 aromatic carbocycles. The number of H-pyrrole nitrogens is 1. The van der Waals surface area contributed by atoms with Crippen LogP contribution < -0.4 is 5.56 Å². The van der Waals surface area contributed by atoms with Crippen LogP contribution in [0.25, 0.3) is 0 Å². The second-order valence-electron chi connectivity index (χ2n) is 3.56. The van der Waals surface area contributed by atoms with E-state index < -0.39 is 0 Å². The highest BCUT2D eigenvalue weighted by atomic mass is 79.9. The van der Waals surface area contributed by atoms with E-state index in [0.717, 1.165) is 5.75 Å². The predicted octanol–water partition coefficient (Wildman–Crippen LogP) is 2.13. The number of hydrogen-bond donors (Lipinski definition) is 2. The molecule has 6 heteroatoms. The Labute approximate surface area is 101 Å². The maximum atomic E-state index is 11.2. The lowest BCUT2D eigenvalue weighted by Crippen LogP contribution is -2.11. The van der Waals surface area contributed by atoms with E-state index in [1.165, 1.54) is 0 Å². The number of nitrogens with zero attached hydrogens (tertiary/aromatic N) is 1. The molecule has 4 nitrogen and oxygen atoms in total. The number of thioether (sulfide) groups is 1. The number of aromatic nitrogens is 2. The van der Waals surface area contributed by atoms with E-state index in [9.17, 15) is 9.90 Å². The van der Waals surface area contributed by atoms with Gasteiger partial charge < -0.3 is 10.1 Å². The van der Waals surface area contributed by atoms with Crippen molar-refractivity contribution in [2.75, 3.05) is 5.75 Å². The molecule has 0 aliphatic carbocycles. The smallest absolute Gasteiger partial charge is 0.269 e.